The van der Waals surface area contributed by atoms with Crippen LogP contribution in [0.1, 0.15) is 52.9 Å². The molecule has 0 saturated carbocycles. The standard InChI is InChI=1S/C27H30N6O/c34-27(32-15-5-6-20(18-32)17-31-13-3-4-14-31)21-9-11-23(12-10-21)33-19-25(29-30-33)26-24-8-2-1-7-22(24)16-28-26/h1-2,7-12,19-20H,3-6,13-18H2. The first kappa shape index (κ1) is 21.2. The maximum Gasteiger partial charge on any atom is 0.253 e. The Morgan fingerprint density at radius 1 is 0.971 bits per heavy atom. The summed E-state index contributed by atoms with van der Waals surface area (Å²) >= 11 is 0. The van der Waals surface area contributed by atoms with Gasteiger partial charge >= 0.3 is 0 Å². The van der Waals surface area contributed by atoms with E-state index in [9.17, 15) is 4.79 Å². The molecule has 4 heterocycles. The van der Waals surface area contributed by atoms with Crippen LogP contribution >= 0.6 is 0 Å². The largest absolute Gasteiger partial charge is 0.338 e. The Balaban J connectivity index is 1.13. The quantitative estimate of drug-likeness (QED) is 0.591. The number of piperidine rings is 1. The van der Waals surface area contributed by atoms with Crippen molar-refractivity contribution in [2.24, 2.45) is 10.9 Å². The van der Waals surface area contributed by atoms with Gasteiger partial charge in [0.25, 0.3) is 5.91 Å². The number of benzene rings is 2. The minimum absolute atomic E-state index is 0.133. The second-order valence-corrected chi connectivity index (χ2v) is 9.68. The van der Waals surface area contributed by atoms with Crippen LogP contribution in [0.5, 0.6) is 0 Å². The monoisotopic (exact) mass is 454 g/mol. The van der Waals surface area contributed by atoms with Crippen molar-refractivity contribution < 1.29 is 4.79 Å². The summed E-state index contributed by atoms with van der Waals surface area (Å²) in [7, 11) is 0. The summed E-state index contributed by atoms with van der Waals surface area (Å²) in [5.74, 6) is 0.723. The van der Waals surface area contributed by atoms with E-state index in [1.165, 1.54) is 37.9 Å². The Bertz CT molecular complexity index is 1210. The molecular formula is C27H30N6O. The highest BCUT2D eigenvalue weighted by Crippen LogP contribution is 2.23. The summed E-state index contributed by atoms with van der Waals surface area (Å²) < 4.78 is 1.75. The van der Waals surface area contributed by atoms with E-state index >= 15 is 0 Å². The van der Waals surface area contributed by atoms with Gasteiger partial charge in [0, 0.05) is 30.8 Å². The zero-order valence-corrected chi connectivity index (χ0v) is 19.4. The van der Waals surface area contributed by atoms with Gasteiger partial charge < -0.3 is 9.80 Å². The van der Waals surface area contributed by atoms with Gasteiger partial charge in [-0.2, -0.15) is 0 Å². The zero-order valence-electron chi connectivity index (χ0n) is 19.4. The maximum absolute atomic E-state index is 13.2. The van der Waals surface area contributed by atoms with Crippen molar-refractivity contribution in [3.8, 4) is 5.69 Å². The topological polar surface area (TPSA) is 66.6 Å². The molecule has 7 nitrogen and oxygen atoms in total. The number of hydrogen-bond acceptors (Lipinski definition) is 5. The smallest absolute Gasteiger partial charge is 0.253 e. The summed E-state index contributed by atoms with van der Waals surface area (Å²) in [6.45, 7) is 5.98. The lowest BCUT2D eigenvalue weighted by molar-refractivity contribution is 0.0648. The second kappa shape index (κ2) is 9.14. The number of likely N-dealkylation sites (tertiary alicyclic amines) is 2. The van der Waals surface area contributed by atoms with E-state index in [2.05, 4.69) is 32.3 Å². The molecule has 3 aliphatic heterocycles. The molecule has 0 N–H and O–H groups in total. The zero-order chi connectivity index (χ0) is 22.9. The van der Waals surface area contributed by atoms with Crippen molar-refractivity contribution in [2.75, 3.05) is 32.7 Å². The molecule has 34 heavy (non-hydrogen) atoms. The van der Waals surface area contributed by atoms with Crippen LogP contribution in [0, 0.1) is 5.92 Å². The fourth-order valence-corrected chi connectivity index (χ4v) is 5.52. The number of carbonyl (C=O) groups excluding carboxylic acids is 1. The second-order valence-electron chi connectivity index (χ2n) is 9.68. The Hall–Kier alpha value is -3.32. The van der Waals surface area contributed by atoms with Crippen molar-refractivity contribution in [1.29, 1.82) is 0 Å². The number of nitrogens with zero attached hydrogens (tertiary/aromatic N) is 6. The van der Waals surface area contributed by atoms with E-state index in [1.807, 2.05) is 47.5 Å². The van der Waals surface area contributed by atoms with Crippen molar-refractivity contribution in [1.82, 2.24) is 24.8 Å². The van der Waals surface area contributed by atoms with E-state index in [0.717, 1.165) is 54.3 Å². The predicted octanol–water partition coefficient (Wildman–Crippen LogP) is 3.57. The fourth-order valence-electron chi connectivity index (χ4n) is 5.52. The van der Waals surface area contributed by atoms with Gasteiger partial charge in [-0.25, -0.2) is 4.68 Å². The predicted molar refractivity (Wildman–Crippen MR) is 131 cm³/mol. The van der Waals surface area contributed by atoms with Crippen LogP contribution in [0.3, 0.4) is 0 Å². The first-order chi connectivity index (χ1) is 16.7. The molecular weight excluding hydrogens is 424 g/mol. The van der Waals surface area contributed by atoms with Crippen LogP contribution in [-0.4, -0.2) is 69.1 Å². The summed E-state index contributed by atoms with van der Waals surface area (Å²) in [4.78, 5) is 22.5. The third-order valence-corrected chi connectivity index (χ3v) is 7.32. The molecule has 1 unspecified atom stereocenters. The summed E-state index contributed by atoms with van der Waals surface area (Å²) in [5, 5.41) is 8.67. The molecule has 0 aliphatic carbocycles. The summed E-state index contributed by atoms with van der Waals surface area (Å²) in [6.07, 6.45) is 6.86. The fraction of sp³-hybridized carbons (Fsp3) is 0.407. The molecule has 7 heteroatoms. The molecule has 2 fully saturated rings. The number of carbonyl (C=O) groups is 1. The van der Waals surface area contributed by atoms with E-state index in [4.69, 9.17) is 0 Å². The highest BCUT2D eigenvalue weighted by molar-refractivity contribution is 6.13. The number of fused-ring (bicyclic) bond motifs is 1. The van der Waals surface area contributed by atoms with E-state index in [1.54, 1.807) is 4.68 Å². The number of aromatic nitrogens is 3. The SMILES string of the molecule is O=C(c1ccc(-n2cc(C3=NCc4ccccc43)nn2)cc1)N1CCCC(CN2CCCC2)C1. The molecule has 0 radical (unpaired) electrons. The molecule has 0 bridgehead atoms. The Morgan fingerprint density at radius 2 is 1.79 bits per heavy atom. The first-order valence-electron chi connectivity index (χ1n) is 12.4. The molecule has 2 saturated heterocycles. The third kappa shape index (κ3) is 4.16. The van der Waals surface area contributed by atoms with Crippen LogP contribution in [-0.2, 0) is 6.54 Å². The van der Waals surface area contributed by atoms with Gasteiger partial charge in [-0.05, 0) is 74.5 Å². The van der Waals surface area contributed by atoms with Gasteiger partial charge in [-0.15, -0.1) is 5.10 Å². The van der Waals surface area contributed by atoms with Crippen LogP contribution in [0.25, 0.3) is 5.69 Å². The number of hydrogen-bond donors (Lipinski definition) is 0. The van der Waals surface area contributed by atoms with Gasteiger partial charge in [-0.1, -0.05) is 29.5 Å². The van der Waals surface area contributed by atoms with Gasteiger partial charge in [0.15, 0.2) is 0 Å². The Kier molecular flexibility index (Phi) is 5.71. The molecule has 1 aromatic heterocycles. The molecule has 6 rings (SSSR count). The average molecular weight is 455 g/mol. The van der Waals surface area contributed by atoms with E-state index < -0.39 is 0 Å². The number of aliphatic imine (C=N–C) groups is 1. The van der Waals surface area contributed by atoms with Crippen molar-refractivity contribution in [2.45, 2.75) is 32.2 Å². The average Bonchev–Trinajstić information content (AvgIpc) is 3.65. The highest BCUT2D eigenvalue weighted by Gasteiger charge is 2.27. The van der Waals surface area contributed by atoms with Crippen LogP contribution < -0.4 is 0 Å². The molecule has 3 aromatic rings. The van der Waals surface area contributed by atoms with E-state index in [0.29, 0.717) is 12.5 Å². The van der Waals surface area contributed by atoms with E-state index in [-0.39, 0.29) is 5.91 Å². The van der Waals surface area contributed by atoms with Crippen molar-refractivity contribution in [3.63, 3.8) is 0 Å². The van der Waals surface area contributed by atoms with Gasteiger partial charge in [-0.3, -0.25) is 9.79 Å². The van der Waals surface area contributed by atoms with Crippen LogP contribution in [0.2, 0.25) is 0 Å². The first-order valence-corrected chi connectivity index (χ1v) is 12.4. The molecule has 3 aliphatic rings. The molecule has 1 atom stereocenters. The molecule has 1 amide bonds. The Morgan fingerprint density at radius 3 is 2.65 bits per heavy atom. The van der Waals surface area contributed by atoms with Crippen molar-refractivity contribution >= 4 is 11.6 Å². The lowest BCUT2D eigenvalue weighted by Crippen LogP contribution is -2.43. The molecule has 174 valence electrons. The third-order valence-electron chi connectivity index (χ3n) is 7.32. The minimum Gasteiger partial charge on any atom is -0.338 e. The summed E-state index contributed by atoms with van der Waals surface area (Å²) in [6, 6.07) is 16.0. The van der Waals surface area contributed by atoms with Crippen LogP contribution in [0.15, 0.2) is 59.7 Å². The van der Waals surface area contributed by atoms with Gasteiger partial charge in [0.05, 0.1) is 24.1 Å². The highest BCUT2D eigenvalue weighted by atomic mass is 16.2. The van der Waals surface area contributed by atoms with Crippen molar-refractivity contribution in [3.05, 3.63) is 77.1 Å². The number of rotatable bonds is 5. The lowest BCUT2D eigenvalue weighted by Gasteiger charge is -2.34. The van der Waals surface area contributed by atoms with Gasteiger partial charge in [0.2, 0.25) is 0 Å². The normalized spacial score (nSPS) is 20.4. The lowest BCUT2D eigenvalue weighted by atomic mass is 9.96. The number of amides is 1. The summed E-state index contributed by atoms with van der Waals surface area (Å²) in [5.41, 5.74) is 5.62. The maximum atomic E-state index is 13.2. The Labute approximate surface area is 200 Å². The minimum atomic E-state index is 0.133. The van der Waals surface area contributed by atoms with Gasteiger partial charge in [0.1, 0.15) is 5.69 Å². The van der Waals surface area contributed by atoms with Crippen LogP contribution in [0.4, 0.5) is 0 Å². The molecule has 0 spiro atoms. The molecule has 2 aromatic carbocycles.